The van der Waals surface area contributed by atoms with Crippen LogP contribution >= 0.6 is 0 Å². The molecular formula is C11H23HoNO. The maximum Gasteiger partial charge on any atom is 0.102 e. The zero-order valence-corrected chi connectivity index (χ0v) is 11.8. The van der Waals surface area contributed by atoms with Gasteiger partial charge in [-0.1, -0.05) is 20.3 Å². The Balaban J connectivity index is 0. The van der Waals surface area contributed by atoms with Crippen molar-refractivity contribution >= 4 is 5.71 Å². The summed E-state index contributed by atoms with van der Waals surface area (Å²) in [5.41, 5.74) is 0.214. The maximum atomic E-state index is 10.2. The summed E-state index contributed by atoms with van der Waals surface area (Å²) in [6.07, 6.45) is 2.56. The molecule has 1 atom stereocenters. The maximum absolute atomic E-state index is 10.2. The van der Waals surface area contributed by atoms with E-state index in [-0.39, 0.29) is 43.8 Å². The van der Waals surface area contributed by atoms with E-state index < -0.39 is 5.60 Å². The second kappa shape index (κ2) is 8.09. The molecule has 0 saturated carbocycles. The van der Waals surface area contributed by atoms with Crippen LogP contribution in [-0.4, -0.2) is 22.5 Å². The third-order valence-corrected chi connectivity index (χ3v) is 2.37. The van der Waals surface area contributed by atoms with Crippen molar-refractivity contribution in [1.82, 2.24) is 0 Å². The van der Waals surface area contributed by atoms with Crippen LogP contribution in [0.4, 0.5) is 0 Å². The monoisotopic (exact) mass is 350 g/mol. The molecule has 0 aliphatic heterocycles. The van der Waals surface area contributed by atoms with E-state index in [0.29, 0.717) is 0 Å². The molecule has 0 aromatic rings. The van der Waals surface area contributed by atoms with Gasteiger partial charge in [-0.15, -0.1) is 0 Å². The topological polar surface area (TPSA) is 32.6 Å². The van der Waals surface area contributed by atoms with Gasteiger partial charge in [0.25, 0.3) is 0 Å². The van der Waals surface area contributed by atoms with E-state index in [9.17, 15) is 5.11 Å². The molecule has 1 radical (unpaired) electrons. The van der Waals surface area contributed by atoms with Crippen LogP contribution in [0.5, 0.6) is 0 Å². The third-order valence-electron chi connectivity index (χ3n) is 2.37. The van der Waals surface area contributed by atoms with E-state index in [4.69, 9.17) is 0 Å². The van der Waals surface area contributed by atoms with Gasteiger partial charge in [0.2, 0.25) is 0 Å². The van der Waals surface area contributed by atoms with Crippen LogP contribution in [0.3, 0.4) is 0 Å². The number of nitrogens with zero attached hydrogens (tertiary/aromatic N) is 1. The van der Waals surface area contributed by atoms with Crippen molar-refractivity contribution < 1.29 is 42.8 Å². The predicted molar refractivity (Wildman–Crippen MR) is 58.4 cm³/mol. The predicted octanol–water partition coefficient (Wildman–Crippen LogP) is 2.80. The summed E-state index contributed by atoms with van der Waals surface area (Å²) in [5.74, 6) is 0. The fourth-order valence-corrected chi connectivity index (χ4v) is 1.53. The van der Waals surface area contributed by atoms with E-state index in [1.165, 1.54) is 0 Å². The van der Waals surface area contributed by atoms with Gasteiger partial charge < -0.3 is 5.11 Å². The molecule has 1 N–H and O–H groups in total. The minimum Gasteiger partial charge on any atom is -0.384 e. The molecule has 0 heterocycles. The van der Waals surface area contributed by atoms with Gasteiger partial charge in [-0.05, 0) is 33.6 Å². The first-order chi connectivity index (χ1) is 5.96. The largest absolute Gasteiger partial charge is 0.384 e. The van der Waals surface area contributed by atoms with Gasteiger partial charge in [0.1, 0.15) is 5.60 Å². The first kappa shape index (κ1) is 17.3. The molecule has 0 aromatic heterocycles. The van der Waals surface area contributed by atoms with Crippen molar-refractivity contribution in [2.24, 2.45) is 4.99 Å². The SMILES string of the molecule is CCCC(O)(CC)C(C)=NC(C)C.[Ho]. The van der Waals surface area contributed by atoms with Crippen LogP contribution < -0.4 is 0 Å². The van der Waals surface area contributed by atoms with Crippen LogP contribution in [0.2, 0.25) is 0 Å². The fraction of sp³-hybridized carbons (Fsp3) is 0.909. The smallest absolute Gasteiger partial charge is 0.102 e. The van der Waals surface area contributed by atoms with Crippen LogP contribution in [-0.2, 0) is 0 Å². The summed E-state index contributed by atoms with van der Waals surface area (Å²) in [5, 5.41) is 10.2. The standard InChI is InChI=1S/C11H23NO.Ho/c1-6-8-11(13,7-2)10(5)12-9(3)4;/h9,13H,6-8H2,1-5H3;. The van der Waals surface area contributed by atoms with Crippen molar-refractivity contribution in [3.05, 3.63) is 0 Å². The molecule has 3 heteroatoms. The average molecular weight is 350 g/mol. The molecule has 2 nitrogen and oxygen atoms in total. The van der Waals surface area contributed by atoms with Gasteiger partial charge in [-0.2, -0.15) is 0 Å². The van der Waals surface area contributed by atoms with Gasteiger partial charge in [0.05, 0.1) is 0 Å². The Morgan fingerprint density at radius 3 is 2.14 bits per heavy atom. The molecule has 0 spiro atoms. The molecule has 0 bridgehead atoms. The van der Waals surface area contributed by atoms with E-state index in [2.05, 4.69) is 11.9 Å². The number of aliphatic hydroxyl groups is 1. The number of aliphatic imine (C=N–C) groups is 1. The van der Waals surface area contributed by atoms with Gasteiger partial charge in [0, 0.05) is 49.5 Å². The van der Waals surface area contributed by atoms with Gasteiger partial charge >= 0.3 is 0 Å². The fourth-order valence-electron chi connectivity index (χ4n) is 1.53. The summed E-state index contributed by atoms with van der Waals surface area (Å²) < 4.78 is 0. The van der Waals surface area contributed by atoms with Crippen molar-refractivity contribution in [3.8, 4) is 0 Å². The molecule has 0 aliphatic carbocycles. The van der Waals surface area contributed by atoms with Crippen molar-refractivity contribution in [1.29, 1.82) is 0 Å². The Morgan fingerprint density at radius 1 is 1.36 bits per heavy atom. The van der Waals surface area contributed by atoms with Gasteiger partial charge in [0.15, 0.2) is 0 Å². The van der Waals surface area contributed by atoms with Crippen LogP contribution in [0, 0.1) is 37.7 Å². The molecule has 0 saturated heterocycles. The normalized spacial score (nSPS) is 16.4. The van der Waals surface area contributed by atoms with E-state index >= 15 is 0 Å². The van der Waals surface area contributed by atoms with Crippen LogP contribution in [0.25, 0.3) is 0 Å². The Kier molecular flexibility index (Phi) is 9.99. The number of rotatable bonds is 5. The van der Waals surface area contributed by atoms with Gasteiger partial charge in [-0.3, -0.25) is 4.99 Å². The van der Waals surface area contributed by atoms with Crippen molar-refractivity contribution in [2.75, 3.05) is 0 Å². The Bertz CT molecular complexity index is 180. The molecule has 0 amide bonds. The summed E-state index contributed by atoms with van der Waals surface area (Å²) in [4.78, 5) is 4.41. The van der Waals surface area contributed by atoms with Crippen molar-refractivity contribution in [2.45, 2.75) is 65.5 Å². The number of hydrogen-bond acceptors (Lipinski definition) is 2. The Hall–Kier alpha value is 0.890. The van der Waals surface area contributed by atoms with Gasteiger partial charge in [-0.25, -0.2) is 0 Å². The Labute approximate surface area is 118 Å². The first-order valence-corrected chi connectivity index (χ1v) is 5.23. The first-order valence-electron chi connectivity index (χ1n) is 5.23. The Morgan fingerprint density at radius 2 is 1.86 bits per heavy atom. The van der Waals surface area contributed by atoms with Crippen LogP contribution in [0.15, 0.2) is 4.99 Å². The summed E-state index contributed by atoms with van der Waals surface area (Å²) in [6, 6.07) is 0.273. The number of hydrogen-bond donors (Lipinski definition) is 1. The minimum absolute atomic E-state index is 0. The molecule has 0 aliphatic rings. The summed E-state index contributed by atoms with van der Waals surface area (Å²) >= 11 is 0. The quantitative estimate of drug-likeness (QED) is 0.600. The molecule has 14 heavy (non-hydrogen) atoms. The zero-order chi connectivity index (χ0) is 10.5. The zero-order valence-electron chi connectivity index (χ0n) is 9.89. The van der Waals surface area contributed by atoms with Crippen molar-refractivity contribution in [3.63, 3.8) is 0 Å². The molecule has 1 unspecified atom stereocenters. The minimum atomic E-state index is -0.668. The molecule has 89 valence electrons. The molecule has 0 fully saturated rings. The second-order valence-electron chi connectivity index (χ2n) is 3.94. The average Bonchev–Trinajstić information content (AvgIpc) is 2.03. The molecule has 0 aromatic carbocycles. The van der Waals surface area contributed by atoms with E-state index in [1.54, 1.807) is 0 Å². The summed E-state index contributed by atoms with van der Waals surface area (Å²) in [7, 11) is 0. The molecular weight excluding hydrogens is 327 g/mol. The van der Waals surface area contributed by atoms with E-state index in [1.807, 2.05) is 27.7 Å². The second-order valence-corrected chi connectivity index (χ2v) is 3.94. The molecule has 0 rings (SSSR count). The van der Waals surface area contributed by atoms with Crippen LogP contribution in [0.1, 0.15) is 53.9 Å². The third kappa shape index (κ3) is 5.69. The summed E-state index contributed by atoms with van der Waals surface area (Å²) in [6.45, 7) is 10.1. The van der Waals surface area contributed by atoms with E-state index in [0.717, 1.165) is 25.0 Å².